The summed E-state index contributed by atoms with van der Waals surface area (Å²) in [5.74, 6) is 0.0319. The number of ether oxygens (including phenoxy) is 2. The monoisotopic (exact) mass is 263 g/mol. The molecule has 0 spiro atoms. The lowest BCUT2D eigenvalue weighted by atomic mass is 10.0. The number of hydrogen-bond donors (Lipinski definition) is 1. The molecular weight excluding hydrogens is 246 g/mol. The van der Waals surface area contributed by atoms with Crippen LogP contribution in [0.2, 0.25) is 0 Å². The minimum Gasteiger partial charge on any atom is -0.506 e. The van der Waals surface area contributed by atoms with E-state index in [9.17, 15) is 9.90 Å². The second-order valence-electron chi connectivity index (χ2n) is 4.81. The molecule has 5 nitrogen and oxygen atoms in total. The zero-order valence-corrected chi connectivity index (χ0v) is 10.7. The van der Waals surface area contributed by atoms with Gasteiger partial charge in [0, 0.05) is 6.54 Å². The summed E-state index contributed by atoms with van der Waals surface area (Å²) >= 11 is 0. The molecular formula is C14H17NO4. The summed E-state index contributed by atoms with van der Waals surface area (Å²) in [5.41, 5.74) is 1.64. The number of aromatic hydroxyl groups is 1. The molecule has 0 aromatic heterocycles. The summed E-state index contributed by atoms with van der Waals surface area (Å²) in [5, 5.41) is 10.0. The molecule has 1 atom stereocenters. The average molecular weight is 263 g/mol. The van der Waals surface area contributed by atoms with Crippen molar-refractivity contribution >= 4 is 11.6 Å². The normalized spacial score (nSPS) is 22.9. The van der Waals surface area contributed by atoms with Crippen LogP contribution in [0.5, 0.6) is 5.75 Å². The van der Waals surface area contributed by atoms with Gasteiger partial charge in [-0.05, 0) is 24.5 Å². The Morgan fingerprint density at radius 1 is 1.37 bits per heavy atom. The number of fused-ring (bicyclic) bond motifs is 1. The fourth-order valence-electron chi connectivity index (χ4n) is 2.66. The van der Waals surface area contributed by atoms with Crippen molar-refractivity contribution in [3.8, 4) is 5.75 Å². The third-order valence-corrected chi connectivity index (χ3v) is 3.55. The summed E-state index contributed by atoms with van der Waals surface area (Å²) in [4.78, 5) is 14.1. The van der Waals surface area contributed by atoms with E-state index >= 15 is 0 Å². The van der Waals surface area contributed by atoms with E-state index in [2.05, 4.69) is 0 Å². The molecule has 0 radical (unpaired) electrons. The maximum atomic E-state index is 12.5. The van der Waals surface area contributed by atoms with E-state index in [4.69, 9.17) is 9.47 Å². The SMILES string of the molecule is O=C(C1COCCO1)N1CCCc2cccc(O)c21. The van der Waals surface area contributed by atoms with Gasteiger partial charge < -0.3 is 19.5 Å². The maximum absolute atomic E-state index is 12.5. The molecule has 1 saturated heterocycles. The van der Waals surface area contributed by atoms with E-state index in [1.807, 2.05) is 12.1 Å². The van der Waals surface area contributed by atoms with Gasteiger partial charge in [0.05, 0.1) is 25.5 Å². The first kappa shape index (κ1) is 12.4. The fraction of sp³-hybridized carbons (Fsp3) is 0.500. The lowest BCUT2D eigenvalue weighted by Gasteiger charge is -2.33. The van der Waals surface area contributed by atoms with Crippen LogP contribution in [0.15, 0.2) is 18.2 Å². The summed E-state index contributed by atoms with van der Waals surface area (Å²) in [6.45, 7) is 1.88. The molecule has 19 heavy (non-hydrogen) atoms. The highest BCUT2D eigenvalue weighted by Gasteiger charge is 2.32. The standard InChI is InChI=1S/C14H17NO4/c16-11-5-1-3-10-4-2-6-15(13(10)11)14(17)12-9-18-7-8-19-12/h1,3,5,12,16H,2,4,6-9H2. The number of aryl methyl sites for hydroxylation is 1. The fourth-order valence-corrected chi connectivity index (χ4v) is 2.66. The molecule has 2 heterocycles. The molecule has 102 valence electrons. The molecule has 3 rings (SSSR count). The van der Waals surface area contributed by atoms with Gasteiger partial charge in [-0.1, -0.05) is 12.1 Å². The minimum atomic E-state index is -0.556. The van der Waals surface area contributed by atoms with Gasteiger partial charge >= 0.3 is 0 Å². The maximum Gasteiger partial charge on any atom is 0.258 e. The average Bonchev–Trinajstić information content (AvgIpc) is 2.47. The first-order valence-corrected chi connectivity index (χ1v) is 6.59. The Morgan fingerprint density at radius 2 is 2.26 bits per heavy atom. The van der Waals surface area contributed by atoms with Gasteiger partial charge in [0.25, 0.3) is 5.91 Å². The Balaban J connectivity index is 1.88. The molecule has 1 fully saturated rings. The van der Waals surface area contributed by atoms with Crippen molar-refractivity contribution in [1.29, 1.82) is 0 Å². The van der Waals surface area contributed by atoms with Crippen LogP contribution in [0.4, 0.5) is 5.69 Å². The van der Waals surface area contributed by atoms with Gasteiger partial charge in [0.15, 0.2) is 6.10 Å². The van der Waals surface area contributed by atoms with E-state index in [-0.39, 0.29) is 18.3 Å². The summed E-state index contributed by atoms with van der Waals surface area (Å²) < 4.78 is 10.7. The van der Waals surface area contributed by atoms with Gasteiger partial charge in [-0.2, -0.15) is 0 Å². The molecule has 1 N–H and O–H groups in total. The van der Waals surface area contributed by atoms with E-state index in [0.29, 0.717) is 25.4 Å². The van der Waals surface area contributed by atoms with E-state index in [1.165, 1.54) is 0 Å². The largest absolute Gasteiger partial charge is 0.506 e. The molecule has 2 aliphatic heterocycles. The number of benzene rings is 1. The van der Waals surface area contributed by atoms with Crippen molar-refractivity contribution in [3.63, 3.8) is 0 Å². The number of anilines is 1. The smallest absolute Gasteiger partial charge is 0.258 e. The van der Waals surface area contributed by atoms with Crippen LogP contribution in [-0.2, 0) is 20.7 Å². The molecule has 5 heteroatoms. The van der Waals surface area contributed by atoms with Crippen molar-refractivity contribution in [2.45, 2.75) is 18.9 Å². The highest BCUT2D eigenvalue weighted by molar-refractivity contribution is 5.99. The van der Waals surface area contributed by atoms with Crippen molar-refractivity contribution in [2.75, 3.05) is 31.3 Å². The van der Waals surface area contributed by atoms with Crippen LogP contribution in [0.3, 0.4) is 0 Å². The van der Waals surface area contributed by atoms with Gasteiger partial charge in [0.1, 0.15) is 5.75 Å². The highest BCUT2D eigenvalue weighted by Crippen LogP contribution is 2.35. The highest BCUT2D eigenvalue weighted by atomic mass is 16.6. The number of carbonyl (C=O) groups is 1. The number of phenols is 1. The Kier molecular flexibility index (Phi) is 3.40. The number of hydrogen-bond acceptors (Lipinski definition) is 4. The molecule has 0 aliphatic carbocycles. The van der Waals surface area contributed by atoms with Crippen molar-refractivity contribution in [1.82, 2.24) is 0 Å². The van der Waals surface area contributed by atoms with Crippen molar-refractivity contribution in [2.24, 2.45) is 0 Å². The molecule has 0 saturated carbocycles. The second-order valence-corrected chi connectivity index (χ2v) is 4.81. The molecule has 2 aliphatic rings. The molecule has 1 aromatic rings. The topological polar surface area (TPSA) is 59.0 Å². The van der Waals surface area contributed by atoms with Crippen molar-refractivity contribution < 1.29 is 19.4 Å². The Hall–Kier alpha value is -1.59. The first-order valence-electron chi connectivity index (χ1n) is 6.59. The molecule has 0 bridgehead atoms. The van der Waals surface area contributed by atoms with Gasteiger partial charge in [0.2, 0.25) is 0 Å². The van der Waals surface area contributed by atoms with Crippen LogP contribution in [0.25, 0.3) is 0 Å². The van der Waals surface area contributed by atoms with Gasteiger partial charge in [-0.25, -0.2) is 0 Å². The minimum absolute atomic E-state index is 0.123. The summed E-state index contributed by atoms with van der Waals surface area (Å²) in [6.07, 6.45) is 1.23. The van der Waals surface area contributed by atoms with Crippen LogP contribution >= 0.6 is 0 Å². The Bertz CT molecular complexity index is 482. The quantitative estimate of drug-likeness (QED) is 0.824. The number of carbonyl (C=O) groups excluding carboxylic acids is 1. The predicted molar refractivity (Wildman–Crippen MR) is 69.3 cm³/mol. The number of rotatable bonds is 1. The number of nitrogens with zero attached hydrogens (tertiary/aromatic N) is 1. The van der Waals surface area contributed by atoms with E-state index < -0.39 is 6.10 Å². The molecule has 1 aromatic carbocycles. The Morgan fingerprint density at radius 3 is 3.05 bits per heavy atom. The van der Waals surface area contributed by atoms with Crippen molar-refractivity contribution in [3.05, 3.63) is 23.8 Å². The second kappa shape index (κ2) is 5.19. The number of para-hydroxylation sites is 1. The van der Waals surface area contributed by atoms with Crippen LogP contribution in [0.1, 0.15) is 12.0 Å². The lowest BCUT2D eigenvalue weighted by Crippen LogP contribution is -2.47. The van der Waals surface area contributed by atoms with Crippen LogP contribution < -0.4 is 4.90 Å². The lowest BCUT2D eigenvalue weighted by molar-refractivity contribution is -0.144. The Labute approximate surface area is 111 Å². The predicted octanol–water partition coefficient (Wildman–Crippen LogP) is 1.09. The summed E-state index contributed by atoms with van der Waals surface area (Å²) in [6, 6.07) is 5.37. The van der Waals surface area contributed by atoms with E-state index in [0.717, 1.165) is 18.4 Å². The van der Waals surface area contributed by atoms with Crippen LogP contribution in [0, 0.1) is 0 Å². The first-order chi connectivity index (χ1) is 9.27. The van der Waals surface area contributed by atoms with Crippen LogP contribution in [-0.4, -0.2) is 43.5 Å². The third-order valence-electron chi connectivity index (χ3n) is 3.55. The van der Waals surface area contributed by atoms with Gasteiger partial charge in [-0.3, -0.25) is 4.79 Å². The zero-order chi connectivity index (χ0) is 13.2. The molecule has 1 unspecified atom stereocenters. The zero-order valence-electron chi connectivity index (χ0n) is 10.7. The number of phenolic OH excluding ortho intramolecular Hbond substituents is 1. The number of amides is 1. The van der Waals surface area contributed by atoms with Gasteiger partial charge in [-0.15, -0.1) is 0 Å². The third kappa shape index (κ3) is 2.31. The summed E-state index contributed by atoms with van der Waals surface area (Å²) in [7, 11) is 0. The van der Waals surface area contributed by atoms with E-state index in [1.54, 1.807) is 11.0 Å². The molecule has 1 amide bonds.